The van der Waals surface area contributed by atoms with Crippen LogP contribution in [0.1, 0.15) is 36.0 Å². The number of carbonyl (C=O) groups is 1. The van der Waals surface area contributed by atoms with Gasteiger partial charge in [-0.3, -0.25) is 9.69 Å². The molecule has 1 amide bonds. The van der Waals surface area contributed by atoms with Crippen molar-refractivity contribution >= 4 is 5.91 Å². The summed E-state index contributed by atoms with van der Waals surface area (Å²) in [6.45, 7) is 8.43. The van der Waals surface area contributed by atoms with Crippen LogP contribution in [-0.4, -0.2) is 80.1 Å². The first-order valence-electron chi connectivity index (χ1n) is 9.64. The van der Waals surface area contributed by atoms with E-state index >= 15 is 0 Å². The van der Waals surface area contributed by atoms with Crippen molar-refractivity contribution in [3.63, 3.8) is 0 Å². The number of amides is 1. The molecule has 0 saturated carbocycles. The largest absolute Gasteiger partial charge is 0.497 e. The van der Waals surface area contributed by atoms with Crippen LogP contribution in [-0.2, 0) is 0 Å². The van der Waals surface area contributed by atoms with Gasteiger partial charge in [0.1, 0.15) is 5.75 Å². The summed E-state index contributed by atoms with van der Waals surface area (Å²) in [7, 11) is 1.64. The summed E-state index contributed by atoms with van der Waals surface area (Å²) in [5, 5.41) is 0. The number of benzene rings is 1. The molecular weight excluding hydrogens is 314 g/mol. The van der Waals surface area contributed by atoms with Gasteiger partial charge in [0.2, 0.25) is 0 Å². The van der Waals surface area contributed by atoms with E-state index in [2.05, 4.69) is 9.80 Å². The number of piperazine rings is 1. The predicted molar refractivity (Wildman–Crippen MR) is 100 cm³/mol. The van der Waals surface area contributed by atoms with Gasteiger partial charge < -0.3 is 14.5 Å². The zero-order valence-electron chi connectivity index (χ0n) is 15.5. The molecule has 2 fully saturated rings. The van der Waals surface area contributed by atoms with Crippen molar-refractivity contribution in [3.8, 4) is 5.75 Å². The quantitative estimate of drug-likeness (QED) is 0.821. The van der Waals surface area contributed by atoms with E-state index in [1.54, 1.807) is 7.11 Å². The van der Waals surface area contributed by atoms with Gasteiger partial charge in [0, 0.05) is 44.8 Å². The molecule has 0 aromatic heterocycles. The molecule has 0 aliphatic carbocycles. The van der Waals surface area contributed by atoms with Crippen LogP contribution in [0.4, 0.5) is 0 Å². The average Bonchev–Trinajstić information content (AvgIpc) is 2.95. The summed E-state index contributed by atoms with van der Waals surface area (Å²) in [5.41, 5.74) is 0.749. The van der Waals surface area contributed by atoms with E-state index in [-0.39, 0.29) is 5.91 Å². The third kappa shape index (κ3) is 5.19. The molecule has 25 heavy (non-hydrogen) atoms. The van der Waals surface area contributed by atoms with Gasteiger partial charge in [0.25, 0.3) is 5.91 Å². The molecular formula is C20H31N3O2. The molecule has 0 atom stereocenters. The first-order valence-corrected chi connectivity index (χ1v) is 9.64. The Morgan fingerprint density at radius 3 is 1.96 bits per heavy atom. The molecule has 0 N–H and O–H groups in total. The highest BCUT2D eigenvalue weighted by Gasteiger charge is 2.22. The molecule has 2 saturated heterocycles. The van der Waals surface area contributed by atoms with Gasteiger partial charge in [0.15, 0.2) is 0 Å². The van der Waals surface area contributed by atoms with E-state index in [0.29, 0.717) is 0 Å². The summed E-state index contributed by atoms with van der Waals surface area (Å²) >= 11 is 0. The Hall–Kier alpha value is -1.59. The van der Waals surface area contributed by atoms with Crippen LogP contribution < -0.4 is 4.74 Å². The van der Waals surface area contributed by atoms with E-state index in [9.17, 15) is 4.79 Å². The molecule has 1 aromatic rings. The third-order valence-corrected chi connectivity index (χ3v) is 5.43. The van der Waals surface area contributed by atoms with Gasteiger partial charge in [0.05, 0.1) is 7.11 Å². The molecule has 138 valence electrons. The summed E-state index contributed by atoms with van der Waals surface area (Å²) in [6, 6.07) is 7.41. The Morgan fingerprint density at radius 2 is 1.40 bits per heavy atom. The smallest absolute Gasteiger partial charge is 0.253 e. The van der Waals surface area contributed by atoms with Gasteiger partial charge >= 0.3 is 0 Å². The second-order valence-corrected chi connectivity index (χ2v) is 7.12. The minimum atomic E-state index is 0.134. The first-order chi connectivity index (χ1) is 12.3. The minimum absolute atomic E-state index is 0.134. The Bertz CT molecular complexity index is 530. The normalized spacial score (nSPS) is 20.3. The summed E-state index contributed by atoms with van der Waals surface area (Å²) < 4.78 is 5.16. The van der Waals surface area contributed by atoms with Gasteiger partial charge in [-0.2, -0.15) is 0 Å². The van der Waals surface area contributed by atoms with Gasteiger partial charge in [-0.1, -0.05) is 12.8 Å². The van der Waals surface area contributed by atoms with E-state index in [4.69, 9.17) is 4.74 Å². The zero-order valence-corrected chi connectivity index (χ0v) is 15.5. The van der Waals surface area contributed by atoms with E-state index in [1.807, 2.05) is 29.2 Å². The fourth-order valence-electron chi connectivity index (χ4n) is 3.73. The first kappa shape index (κ1) is 18.2. The minimum Gasteiger partial charge on any atom is -0.497 e. The van der Waals surface area contributed by atoms with Crippen molar-refractivity contribution in [2.45, 2.75) is 25.7 Å². The lowest BCUT2D eigenvalue weighted by atomic mass is 10.1. The van der Waals surface area contributed by atoms with E-state index in [0.717, 1.165) is 44.0 Å². The van der Waals surface area contributed by atoms with Crippen molar-refractivity contribution in [1.29, 1.82) is 0 Å². The molecule has 0 bridgehead atoms. The fraction of sp³-hybridized carbons (Fsp3) is 0.650. The second-order valence-electron chi connectivity index (χ2n) is 7.12. The molecule has 1 aromatic carbocycles. The number of ether oxygens (including phenoxy) is 1. The van der Waals surface area contributed by atoms with Crippen LogP contribution in [0.2, 0.25) is 0 Å². The maximum absolute atomic E-state index is 12.6. The fourth-order valence-corrected chi connectivity index (χ4v) is 3.73. The lowest BCUT2D eigenvalue weighted by Gasteiger charge is -2.35. The molecule has 0 radical (unpaired) electrons. The molecule has 2 aliphatic heterocycles. The van der Waals surface area contributed by atoms with Crippen LogP contribution in [0.3, 0.4) is 0 Å². The maximum Gasteiger partial charge on any atom is 0.253 e. The number of hydrogen-bond donors (Lipinski definition) is 0. The van der Waals surface area contributed by atoms with Crippen molar-refractivity contribution < 1.29 is 9.53 Å². The lowest BCUT2D eigenvalue weighted by Crippen LogP contribution is -2.50. The molecule has 2 heterocycles. The Balaban J connectivity index is 1.42. The van der Waals surface area contributed by atoms with Gasteiger partial charge in [-0.05, 0) is 50.2 Å². The van der Waals surface area contributed by atoms with Crippen LogP contribution >= 0.6 is 0 Å². The average molecular weight is 345 g/mol. The van der Waals surface area contributed by atoms with Crippen molar-refractivity contribution in [2.24, 2.45) is 0 Å². The number of likely N-dealkylation sites (tertiary alicyclic amines) is 1. The van der Waals surface area contributed by atoms with E-state index in [1.165, 1.54) is 45.3 Å². The Kier molecular flexibility index (Phi) is 6.70. The Morgan fingerprint density at radius 1 is 0.840 bits per heavy atom. The predicted octanol–water partition coefficient (Wildman–Crippen LogP) is 2.33. The molecule has 5 nitrogen and oxygen atoms in total. The maximum atomic E-state index is 12.6. The van der Waals surface area contributed by atoms with Crippen molar-refractivity contribution in [1.82, 2.24) is 14.7 Å². The molecule has 0 spiro atoms. The topological polar surface area (TPSA) is 36.0 Å². The number of hydrogen-bond acceptors (Lipinski definition) is 4. The summed E-state index contributed by atoms with van der Waals surface area (Å²) in [5.74, 6) is 0.921. The molecule has 5 heteroatoms. The summed E-state index contributed by atoms with van der Waals surface area (Å²) in [4.78, 5) is 19.7. The van der Waals surface area contributed by atoms with Gasteiger partial charge in [-0.15, -0.1) is 0 Å². The summed E-state index contributed by atoms with van der Waals surface area (Å²) in [6.07, 6.45) is 5.49. The number of carbonyl (C=O) groups excluding carboxylic acids is 1. The number of rotatable bonds is 5. The highest BCUT2D eigenvalue weighted by molar-refractivity contribution is 5.94. The highest BCUT2D eigenvalue weighted by Crippen LogP contribution is 2.15. The standard InChI is InChI=1S/C20H31N3O2/c1-25-19-8-6-18(7-9-19)20(24)23-16-14-22(15-17-23)13-12-21-10-4-2-3-5-11-21/h6-9H,2-5,10-17H2,1H3. The lowest BCUT2D eigenvalue weighted by molar-refractivity contribution is 0.0623. The Labute approximate surface area is 151 Å². The molecule has 0 unspecified atom stereocenters. The van der Waals surface area contributed by atoms with Crippen LogP contribution in [0, 0.1) is 0 Å². The van der Waals surface area contributed by atoms with Gasteiger partial charge in [-0.25, -0.2) is 0 Å². The van der Waals surface area contributed by atoms with Crippen molar-refractivity contribution in [2.75, 3.05) is 59.5 Å². The van der Waals surface area contributed by atoms with Crippen LogP contribution in [0.5, 0.6) is 5.75 Å². The molecule has 2 aliphatic rings. The third-order valence-electron chi connectivity index (χ3n) is 5.43. The zero-order chi connectivity index (χ0) is 17.5. The number of nitrogens with zero attached hydrogens (tertiary/aromatic N) is 3. The second kappa shape index (κ2) is 9.20. The molecule has 3 rings (SSSR count). The van der Waals surface area contributed by atoms with Crippen LogP contribution in [0.15, 0.2) is 24.3 Å². The van der Waals surface area contributed by atoms with E-state index < -0.39 is 0 Å². The highest BCUT2D eigenvalue weighted by atomic mass is 16.5. The van der Waals surface area contributed by atoms with Crippen molar-refractivity contribution in [3.05, 3.63) is 29.8 Å². The number of methoxy groups -OCH3 is 1. The monoisotopic (exact) mass is 345 g/mol. The van der Waals surface area contributed by atoms with Crippen LogP contribution in [0.25, 0.3) is 0 Å². The SMILES string of the molecule is COc1ccc(C(=O)N2CCN(CCN3CCCCCC3)CC2)cc1.